The molecule has 2 N–H and O–H groups in total. The molecule has 5 rings (SSSR count). The van der Waals surface area contributed by atoms with E-state index in [1.807, 2.05) is 31.1 Å². The number of rotatable bonds is 3. The lowest BCUT2D eigenvalue weighted by Crippen LogP contribution is -2.46. The normalized spacial score (nSPS) is 26.3. The number of aromatic nitrogens is 5. The van der Waals surface area contributed by atoms with E-state index in [-0.39, 0.29) is 11.5 Å². The molecule has 0 saturated heterocycles. The largest absolute Gasteiger partial charge is 0.381 e. The highest BCUT2D eigenvalue weighted by Crippen LogP contribution is 2.51. The van der Waals surface area contributed by atoms with Gasteiger partial charge in [-0.2, -0.15) is 5.10 Å². The Labute approximate surface area is 168 Å². The molecule has 1 saturated carbocycles. The molecule has 1 spiro atoms. The number of aliphatic hydroxyl groups excluding tert-OH is 1. The number of aryl methyl sites for hydroxylation is 1. The lowest BCUT2D eigenvalue weighted by Gasteiger charge is -2.39. The van der Waals surface area contributed by atoms with Gasteiger partial charge in [0.15, 0.2) is 5.65 Å². The summed E-state index contributed by atoms with van der Waals surface area (Å²) < 4.78 is 7.25. The monoisotopic (exact) mass is 395 g/mol. The lowest BCUT2D eigenvalue weighted by molar-refractivity contribution is 0.00600. The Bertz CT molecular complexity index is 1060. The van der Waals surface area contributed by atoms with Crippen LogP contribution in [0.5, 0.6) is 0 Å². The zero-order chi connectivity index (χ0) is 20.2. The molecule has 9 nitrogen and oxygen atoms in total. The van der Waals surface area contributed by atoms with E-state index in [1.165, 1.54) is 6.33 Å². The van der Waals surface area contributed by atoms with E-state index >= 15 is 0 Å². The van der Waals surface area contributed by atoms with Gasteiger partial charge in [-0.25, -0.2) is 19.5 Å². The van der Waals surface area contributed by atoms with Gasteiger partial charge in [0.2, 0.25) is 5.95 Å². The maximum absolute atomic E-state index is 11.1. The zero-order valence-corrected chi connectivity index (χ0v) is 16.8. The fourth-order valence-corrected chi connectivity index (χ4v) is 4.73. The van der Waals surface area contributed by atoms with Crippen LogP contribution < -0.4 is 10.2 Å². The first-order chi connectivity index (χ1) is 14.0. The predicted molar refractivity (Wildman–Crippen MR) is 108 cm³/mol. The lowest BCUT2D eigenvalue weighted by atomic mass is 9.70. The molecule has 0 aromatic carbocycles. The summed E-state index contributed by atoms with van der Waals surface area (Å²) in [6.45, 7) is 2.01. The van der Waals surface area contributed by atoms with Crippen molar-refractivity contribution in [2.45, 2.75) is 50.4 Å². The van der Waals surface area contributed by atoms with Gasteiger partial charge in [0.05, 0.1) is 41.0 Å². The molecule has 1 aliphatic heterocycles. The SMILES string of the molecule is COC1CCC2(CC1)c1nc(Nc3cn4ncnc4cc3C)ncc1N(C)C2O. The number of nitrogens with one attached hydrogen (secondary N) is 1. The number of likely N-dealkylation sites (N-methyl/N-ethyl adjacent to an activating group) is 1. The average Bonchev–Trinajstić information content (AvgIpc) is 3.26. The summed E-state index contributed by atoms with van der Waals surface area (Å²) in [4.78, 5) is 15.5. The second-order valence-electron chi connectivity index (χ2n) is 8.06. The molecule has 0 radical (unpaired) electrons. The molecule has 1 atom stereocenters. The molecular weight excluding hydrogens is 370 g/mol. The Morgan fingerprint density at radius 3 is 2.83 bits per heavy atom. The summed E-state index contributed by atoms with van der Waals surface area (Å²) in [5.74, 6) is 0.516. The minimum absolute atomic E-state index is 0.249. The molecule has 9 heteroatoms. The number of pyridine rings is 1. The fraction of sp³-hybridized carbons (Fsp3) is 0.500. The third-order valence-corrected chi connectivity index (χ3v) is 6.51. The van der Waals surface area contributed by atoms with E-state index in [1.54, 1.807) is 17.8 Å². The standard InChI is InChI=1S/C20H25N7O2/c1-12-8-16-22-11-23-27(16)10-14(12)24-19-21-9-15-17(25-19)20(18(28)26(15)2)6-4-13(29-3)5-7-20/h8-11,13,18,28H,4-7H2,1-3H3,(H,21,24,25). The molecule has 29 heavy (non-hydrogen) atoms. The fourth-order valence-electron chi connectivity index (χ4n) is 4.73. The van der Waals surface area contributed by atoms with Crippen LogP contribution in [0.4, 0.5) is 17.3 Å². The number of methoxy groups -OCH3 is 1. The van der Waals surface area contributed by atoms with E-state index in [0.29, 0.717) is 5.95 Å². The highest BCUT2D eigenvalue weighted by molar-refractivity contribution is 5.65. The Morgan fingerprint density at radius 1 is 1.28 bits per heavy atom. The number of hydrogen-bond donors (Lipinski definition) is 2. The number of hydrogen-bond acceptors (Lipinski definition) is 8. The van der Waals surface area contributed by atoms with E-state index in [4.69, 9.17) is 9.72 Å². The van der Waals surface area contributed by atoms with Crippen LogP contribution in [0, 0.1) is 6.92 Å². The first-order valence-corrected chi connectivity index (χ1v) is 9.90. The third-order valence-electron chi connectivity index (χ3n) is 6.51. The summed E-state index contributed by atoms with van der Waals surface area (Å²) in [6.07, 6.45) is 8.36. The van der Waals surface area contributed by atoms with Gasteiger partial charge in [-0.3, -0.25) is 0 Å². The van der Waals surface area contributed by atoms with Gasteiger partial charge in [0.25, 0.3) is 0 Å². The molecule has 0 amide bonds. The summed E-state index contributed by atoms with van der Waals surface area (Å²) in [5, 5.41) is 18.6. The van der Waals surface area contributed by atoms with Crippen LogP contribution in [0.2, 0.25) is 0 Å². The number of nitrogens with zero attached hydrogens (tertiary/aromatic N) is 6. The molecule has 4 heterocycles. The van der Waals surface area contributed by atoms with Gasteiger partial charge >= 0.3 is 0 Å². The maximum atomic E-state index is 11.1. The van der Waals surface area contributed by atoms with Crippen molar-refractivity contribution in [1.29, 1.82) is 0 Å². The van der Waals surface area contributed by atoms with Gasteiger partial charge in [-0.1, -0.05) is 0 Å². The Morgan fingerprint density at radius 2 is 2.07 bits per heavy atom. The molecule has 1 aliphatic carbocycles. The van der Waals surface area contributed by atoms with Crippen LogP contribution in [-0.2, 0) is 10.2 Å². The van der Waals surface area contributed by atoms with Crippen molar-refractivity contribution in [3.63, 3.8) is 0 Å². The second kappa shape index (κ2) is 6.64. The van der Waals surface area contributed by atoms with Crippen LogP contribution in [0.1, 0.15) is 36.9 Å². The third kappa shape index (κ3) is 2.76. The smallest absolute Gasteiger partial charge is 0.227 e. The maximum Gasteiger partial charge on any atom is 0.227 e. The average molecular weight is 395 g/mol. The Balaban J connectivity index is 1.50. The van der Waals surface area contributed by atoms with E-state index in [9.17, 15) is 5.11 Å². The van der Waals surface area contributed by atoms with Gasteiger partial charge in [-0.05, 0) is 44.2 Å². The molecular formula is C20H25N7O2. The summed E-state index contributed by atoms with van der Waals surface area (Å²) >= 11 is 0. The molecule has 0 bridgehead atoms. The van der Waals surface area contributed by atoms with E-state index in [2.05, 4.69) is 20.4 Å². The van der Waals surface area contributed by atoms with Gasteiger partial charge in [0, 0.05) is 14.2 Å². The summed E-state index contributed by atoms with van der Waals surface area (Å²) in [5.41, 5.74) is 4.11. The Hall–Kier alpha value is -2.78. The summed E-state index contributed by atoms with van der Waals surface area (Å²) in [7, 11) is 3.66. The molecule has 3 aromatic heterocycles. The van der Waals surface area contributed by atoms with Crippen LogP contribution >= 0.6 is 0 Å². The quantitative estimate of drug-likeness (QED) is 0.696. The first-order valence-electron chi connectivity index (χ1n) is 9.90. The molecule has 1 fully saturated rings. The first kappa shape index (κ1) is 18.3. The van der Waals surface area contributed by atoms with Crippen LogP contribution in [-0.4, -0.2) is 56.2 Å². The summed E-state index contributed by atoms with van der Waals surface area (Å²) in [6, 6.07) is 1.97. The zero-order valence-electron chi connectivity index (χ0n) is 16.8. The second-order valence-corrected chi connectivity index (χ2v) is 8.06. The topological polar surface area (TPSA) is 101 Å². The highest BCUT2D eigenvalue weighted by atomic mass is 16.5. The van der Waals surface area contributed by atoms with Crippen LogP contribution in [0.3, 0.4) is 0 Å². The minimum atomic E-state index is -0.604. The number of anilines is 3. The Kier molecular flexibility index (Phi) is 4.18. The number of aliphatic hydroxyl groups is 1. The highest BCUT2D eigenvalue weighted by Gasteiger charge is 2.52. The van der Waals surface area contributed by atoms with Crippen molar-refractivity contribution in [3.05, 3.63) is 36.0 Å². The van der Waals surface area contributed by atoms with Crippen molar-refractivity contribution < 1.29 is 9.84 Å². The molecule has 2 aliphatic rings. The molecule has 3 aromatic rings. The van der Waals surface area contributed by atoms with E-state index < -0.39 is 6.23 Å². The van der Waals surface area contributed by atoms with Gasteiger partial charge in [0.1, 0.15) is 12.6 Å². The molecule has 1 unspecified atom stereocenters. The van der Waals surface area contributed by atoms with Gasteiger partial charge < -0.3 is 20.1 Å². The van der Waals surface area contributed by atoms with E-state index in [0.717, 1.165) is 54.0 Å². The van der Waals surface area contributed by atoms with Crippen molar-refractivity contribution in [3.8, 4) is 0 Å². The minimum Gasteiger partial charge on any atom is -0.381 e. The predicted octanol–water partition coefficient (Wildman–Crippen LogP) is 2.17. The number of fused-ring (bicyclic) bond motifs is 3. The van der Waals surface area contributed by atoms with Crippen molar-refractivity contribution in [1.82, 2.24) is 24.6 Å². The van der Waals surface area contributed by atoms with Crippen molar-refractivity contribution in [2.75, 3.05) is 24.4 Å². The van der Waals surface area contributed by atoms with Crippen molar-refractivity contribution in [2.24, 2.45) is 0 Å². The molecule has 152 valence electrons. The van der Waals surface area contributed by atoms with Gasteiger partial charge in [-0.15, -0.1) is 0 Å². The number of ether oxygens (including phenoxy) is 1. The van der Waals surface area contributed by atoms with Crippen LogP contribution in [0.15, 0.2) is 24.8 Å². The van der Waals surface area contributed by atoms with Crippen molar-refractivity contribution >= 4 is 23.0 Å². The van der Waals surface area contributed by atoms with Crippen LogP contribution in [0.25, 0.3) is 5.65 Å².